The molecule has 0 spiro atoms. The first-order valence-electron chi connectivity index (χ1n) is 7.70. The van der Waals surface area contributed by atoms with Crippen LogP contribution >= 0.6 is 0 Å². The smallest absolute Gasteiger partial charge is 0.397 e. The van der Waals surface area contributed by atoms with Crippen LogP contribution in [0.25, 0.3) is 6.08 Å². The second-order valence-corrected chi connectivity index (χ2v) is 6.84. The highest BCUT2D eigenvalue weighted by Gasteiger charge is 2.45. The van der Waals surface area contributed by atoms with Gasteiger partial charge in [-0.2, -0.15) is 8.42 Å². The Balaban J connectivity index is 2.02. The Labute approximate surface area is 158 Å². The summed E-state index contributed by atoms with van der Waals surface area (Å²) in [6.45, 7) is -0.916. The van der Waals surface area contributed by atoms with Gasteiger partial charge in [-0.25, -0.2) is 8.98 Å². The van der Waals surface area contributed by atoms with Gasteiger partial charge in [0.15, 0.2) is 11.5 Å². The summed E-state index contributed by atoms with van der Waals surface area (Å²) in [6, 6.07) is 3.73. The van der Waals surface area contributed by atoms with Gasteiger partial charge in [-0.15, -0.1) is 0 Å². The quantitative estimate of drug-likeness (QED) is 0.131. The van der Waals surface area contributed by atoms with Crippen LogP contribution in [0.4, 0.5) is 0 Å². The molecule has 1 heterocycles. The number of aliphatic hydroxyl groups is 3. The molecule has 0 bridgehead atoms. The summed E-state index contributed by atoms with van der Waals surface area (Å²) in [5, 5.41) is 48.0. The average molecular weight is 422 g/mol. The first kappa shape index (κ1) is 22.0. The molecule has 0 aromatic heterocycles. The second kappa shape index (κ2) is 8.83. The van der Waals surface area contributed by atoms with Crippen molar-refractivity contribution < 1.29 is 57.0 Å². The number of carbonyl (C=O) groups excluding carboxylic acids is 1. The van der Waals surface area contributed by atoms with Crippen LogP contribution < -0.4 is 0 Å². The Hall–Kier alpha value is -2.26. The van der Waals surface area contributed by atoms with Gasteiger partial charge in [0.25, 0.3) is 0 Å². The van der Waals surface area contributed by atoms with Crippen molar-refractivity contribution in [3.05, 3.63) is 29.8 Å². The molecule has 1 fully saturated rings. The molecule has 13 heteroatoms. The van der Waals surface area contributed by atoms with Crippen molar-refractivity contribution in [2.24, 2.45) is 0 Å². The van der Waals surface area contributed by atoms with Crippen LogP contribution in [0.3, 0.4) is 0 Å². The Morgan fingerprint density at radius 2 is 1.79 bits per heavy atom. The number of esters is 1. The van der Waals surface area contributed by atoms with Gasteiger partial charge < -0.3 is 35.0 Å². The molecular formula is C15H18O12S. The van der Waals surface area contributed by atoms with Crippen molar-refractivity contribution in [2.75, 3.05) is 6.61 Å². The highest BCUT2D eigenvalue weighted by molar-refractivity contribution is 7.80. The van der Waals surface area contributed by atoms with Crippen LogP contribution in [0.1, 0.15) is 5.56 Å². The van der Waals surface area contributed by atoms with E-state index in [1.54, 1.807) is 0 Å². The SMILES string of the molecule is O=C(C=Cc1ccc(O)c(O)c1)O[C@@H]1O[C@H](COS(=O)(=O)O)[C@H](O)[C@H](O)[C@H]1O. The van der Waals surface area contributed by atoms with Crippen molar-refractivity contribution in [1.82, 2.24) is 0 Å². The molecule has 0 unspecified atom stereocenters. The maximum atomic E-state index is 11.9. The lowest BCUT2D eigenvalue weighted by Gasteiger charge is -2.39. The summed E-state index contributed by atoms with van der Waals surface area (Å²) < 4.78 is 43.7. The molecule has 0 saturated carbocycles. The number of benzene rings is 1. The molecule has 5 atom stereocenters. The summed E-state index contributed by atoms with van der Waals surface area (Å²) in [5.74, 6) is -1.82. The molecule has 156 valence electrons. The highest BCUT2D eigenvalue weighted by Crippen LogP contribution is 2.26. The van der Waals surface area contributed by atoms with Crippen LogP contribution in [0.5, 0.6) is 11.5 Å². The molecule has 0 aliphatic carbocycles. The Morgan fingerprint density at radius 1 is 1.11 bits per heavy atom. The summed E-state index contributed by atoms with van der Waals surface area (Å²) in [7, 11) is -4.86. The number of ether oxygens (including phenoxy) is 2. The molecule has 0 radical (unpaired) electrons. The first-order chi connectivity index (χ1) is 13.0. The minimum Gasteiger partial charge on any atom is -0.504 e. The monoisotopic (exact) mass is 422 g/mol. The van der Waals surface area contributed by atoms with Crippen LogP contribution in [0, 0.1) is 0 Å². The van der Waals surface area contributed by atoms with Crippen LogP contribution in [-0.4, -0.2) is 81.8 Å². The van der Waals surface area contributed by atoms with E-state index in [1.165, 1.54) is 18.2 Å². The maximum absolute atomic E-state index is 11.9. The Kier molecular flexibility index (Phi) is 6.95. The fourth-order valence-electron chi connectivity index (χ4n) is 2.27. The number of aromatic hydroxyl groups is 2. The van der Waals surface area contributed by atoms with Crippen molar-refractivity contribution in [3.63, 3.8) is 0 Å². The third-order valence-electron chi connectivity index (χ3n) is 3.69. The summed E-state index contributed by atoms with van der Waals surface area (Å²) in [6.07, 6.45) is -6.73. The fraction of sp³-hybridized carbons (Fsp3) is 0.400. The van der Waals surface area contributed by atoms with E-state index in [-0.39, 0.29) is 5.75 Å². The molecule has 1 aliphatic rings. The standard InChI is InChI=1S/C15H18O12S/c16-8-3-1-7(5-9(8)17)2-4-11(18)27-15-14(21)13(20)12(19)10(26-15)6-25-28(22,23)24/h1-5,10,12-17,19-21H,6H2,(H,22,23,24)/t10-,12+,13+,14-,15+/m1/s1. The van der Waals surface area contributed by atoms with E-state index >= 15 is 0 Å². The van der Waals surface area contributed by atoms with E-state index in [9.17, 15) is 38.7 Å². The number of phenolic OH excluding ortho intramolecular Hbond substituents is 2. The fourth-order valence-corrected chi connectivity index (χ4v) is 2.57. The molecule has 28 heavy (non-hydrogen) atoms. The number of phenols is 2. The third kappa shape index (κ3) is 5.87. The van der Waals surface area contributed by atoms with Crippen LogP contribution in [-0.2, 0) is 28.9 Å². The van der Waals surface area contributed by atoms with Crippen molar-refractivity contribution in [2.45, 2.75) is 30.7 Å². The van der Waals surface area contributed by atoms with Crippen LogP contribution in [0.2, 0.25) is 0 Å². The van der Waals surface area contributed by atoms with Gasteiger partial charge in [0.1, 0.15) is 24.4 Å². The molecule has 12 nitrogen and oxygen atoms in total. The number of hydrogen-bond acceptors (Lipinski definition) is 11. The Morgan fingerprint density at radius 3 is 2.39 bits per heavy atom. The lowest BCUT2D eigenvalue weighted by atomic mass is 9.99. The van der Waals surface area contributed by atoms with Gasteiger partial charge in [-0.3, -0.25) is 4.55 Å². The van der Waals surface area contributed by atoms with Gasteiger partial charge in [-0.05, 0) is 23.8 Å². The van der Waals surface area contributed by atoms with Gasteiger partial charge in [0.2, 0.25) is 6.29 Å². The number of carbonyl (C=O) groups is 1. The van der Waals surface area contributed by atoms with Crippen LogP contribution in [0.15, 0.2) is 24.3 Å². The van der Waals surface area contributed by atoms with Gasteiger partial charge in [0, 0.05) is 6.08 Å². The van der Waals surface area contributed by atoms with Gasteiger partial charge in [-0.1, -0.05) is 6.07 Å². The molecule has 6 N–H and O–H groups in total. The summed E-state index contributed by atoms with van der Waals surface area (Å²) in [5.41, 5.74) is 0.326. The molecule has 0 amide bonds. The zero-order valence-electron chi connectivity index (χ0n) is 14.0. The predicted molar refractivity (Wildman–Crippen MR) is 89.1 cm³/mol. The van der Waals surface area contributed by atoms with E-state index in [2.05, 4.69) is 4.18 Å². The zero-order valence-corrected chi connectivity index (χ0v) is 14.8. The number of aliphatic hydroxyl groups excluding tert-OH is 3. The predicted octanol–water partition coefficient (Wildman–Crippen LogP) is -1.72. The maximum Gasteiger partial charge on any atom is 0.397 e. The van der Waals surface area contributed by atoms with E-state index in [0.29, 0.717) is 5.56 Å². The lowest BCUT2D eigenvalue weighted by Crippen LogP contribution is -2.59. The van der Waals surface area contributed by atoms with Crippen molar-refractivity contribution >= 4 is 22.4 Å². The number of rotatable bonds is 6. The molecular weight excluding hydrogens is 404 g/mol. The van der Waals surface area contributed by atoms with Crippen molar-refractivity contribution in [1.29, 1.82) is 0 Å². The summed E-state index contributed by atoms with van der Waals surface area (Å²) >= 11 is 0. The third-order valence-corrected chi connectivity index (χ3v) is 4.13. The average Bonchev–Trinajstić information content (AvgIpc) is 2.61. The zero-order chi connectivity index (χ0) is 21.1. The number of hydrogen-bond donors (Lipinski definition) is 6. The lowest BCUT2D eigenvalue weighted by molar-refractivity contribution is -0.290. The van der Waals surface area contributed by atoms with E-state index in [1.807, 2.05) is 0 Å². The van der Waals surface area contributed by atoms with Gasteiger partial charge >= 0.3 is 16.4 Å². The second-order valence-electron chi connectivity index (χ2n) is 5.75. The Bertz CT molecular complexity index is 835. The van der Waals surface area contributed by atoms with E-state index < -0.39 is 59.4 Å². The molecule has 1 aromatic carbocycles. The largest absolute Gasteiger partial charge is 0.504 e. The van der Waals surface area contributed by atoms with E-state index in [0.717, 1.165) is 12.1 Å². The molecule has 2 rings (SSSR count). The van der Waals surface area contributed by atoms with Crippen molar-refractivity contribution in [3.8, 4) is 11.5 Å². The first-order valence-corrected chi connectivity index (χ1v) is 9.06. The normalized spacial score (nSPS) is 28.4. The topological polar surface area (TPSA) is 200 Å². The summed E-state index contributed by atoms with van der Waals surface area (Å²) in [4.78, 5) is 11.9. The minimum atomic E-state index is -4.86. The molecule has 1 saturated heterocycles. The molecule has 1 aliphatic heterocycles. The minimum absolute atomic E-state index is 0.326. The van der Waals surface area contributed by atoms with Gasteiger partial charge in [0.05, 0.1) is 6.61 Å². The van der Waals surface area contributed by atoms with E-state index in [4.69, 9.17) is 14.0 Å². The highest BCUT2D eigenvalue weighted by atomic mass is 32.3. The molecule has 1 aromatic rings.